The van der Waals surface area contributed by atoms with Crippen molar-refractivity contribution in [1.82, 2.24) is 0 Å². The smallest absolute Gasteiger partial charge is 0.138 e. The molecule has 0 spiro atoms. The zero-order chi connectivity index (χ0) is 8.97. The molecule has 1 aromatic rings. The first-order chi connectivity index (χ1) is 5.77. The lowest BCUT2D eigenvalue weighted by Crippen LogP contribution is -1.91. The molecule has 0 aromatic heterocycles. The van der Waals surface area contributed by atoms with Gasteiger partial charge in [-0.2, -0.15) is 5.26 Å². The van der Waals surface area contributed by atoms with Crippen LogP contribution in [0, 0.1) is 16.1 Å². The van der Waals surface area contributed by atoms with Crippen LogP contribution in [-0.4, -0.2) is 6.21 Å². The molecule has 0 aliphatic carbocycles. The molecule has 0 atom stereocenters. The highest BCUT2D eigenvalue weighted by molar-refractivity contribution is 8.03. The van der Waals surface area contributed by atoms with Gasteiger partial charge in [-0.15, -0.1) is 0 Å². The number of thioether (sulfide) groups is 1. The molecule has 3 N–H and O–H groups in total. The molecule has 0 fully saturated rings. The molecule has 0 unspecified atom stereocenters. The second kappa shape index (κ2) is 3.79. The molecule has 60 valence electrons. The number of hydrogen-bond donors (Lipinski definition) is 2. The number of nitrogens with two attached hydrogens (primary N) is 1. The van der Waals surface area contributed by atoms with E-state index in [0.717, 1.165) is 16.7 Å². The summed E-state index contributed by atoms with van der Waals surface area (Å²) in [4.78, 5) is 0.806. The highest BCUT2D eigenvalue weighted by atomic mass is 32.2. The van der Waals surface area contributed by atoms with Gasteiger partial charge in [0.05, 0.1) is 0 Å². The number of nitriles is 1. The monoisotopic (exact) mass is 177 g/mol. The molecule has 0 aliphatic rings. The van der Waals surface area contributed by atoms with E-state index < -0.39 is 0 Å². The first kappa shape index (κ1) is 8.62. The van der Waals surface area contributed by atoms with E-state index in [4.69, 9.17) is 16.4 Å². The molecular weight excluding hydrogens is 170 g/mol. The van der Waals surface area contributed by atoms with Crippen LogP contribution in [-0.2, 0) is 0 Å². The average molecular weight is 177 g/mol. The second-order valence-corrected chi connectivity index (χ2v) is 2.99. The standard InChI is InChI=1S/C8H7N3S/c9-4-6-1-2-7(12-5-10)3-8(6)11/h1-4,9H,11H2. The number of nitrogens with one attached hydrogen (secondary N) is 1. The number of thiocyanates is 1. The zero-order valence-corrected chi connectivity index (χ0v) is 7.06. The fraction of sp³-hybridized carbons (Fsp3) is 0. The van der Waals surface area contributed by atoms with Crippen molar-refractivity contribution in [2.45, 2.75) is 4.90 Å². The van der Waals surface area contributed by atoms with Gasteiger partial charge in [0.15, 0.2) is 0 Å². The summed E-state index contributed by atoms with van der Waals surface area (Å²) < 4.78 is 0. The number of nitrogens with zero attached hydrogens (tertiary/aromatic N) is 1. The summed E-state index contributed by atoms with van der Waals surface area (Å²) >= 11 is 1.06. The first-order valence-electron chi connectivity index (χ1n) is 3.24. The van der Waals surface area contributed by atoms with Gasteiger partial charge in [0.25, 0.3) is 0 Å². The van der Waals surface area contributed by atoms with E-state index in [1.54, 1.807) is 18.2 Å². The Balaban J connectivity index is 3.03. The summed E-state index contributed by atoms with van der Waals surface area (Å²) in [5.41, 5.74) is 6.80. The van der Waals surface area contributed by atoms with Gasteiger partial charge < -0.3 is 11.1 Å². The fourth-order valence-electron chi connectivity index (χ4n) is 0.800. The Kier molecular flexibility index (Phi) is 2.72. The Hall–Kier alpha value is -1.47. The maximum absolute atomic E-state index is 8.36. The van der Waals surface area contributed by atoms with Crippen LogP contribution in [0.25, 0.3) is 0 Å². The predicted octanol–water partition coefficient (Wildman–Crippen LogP) is 1.84. The molecule has 0 saturated heterocycles. The Morgan fingerprint density at radius 2 is 2.33 bits per heavy atom. The Morgan fingerprint density at radius 3 is 2.83 bits per heavy atom. The van der Waals surface area contributed by atoms with Crippen molar-refractivity contribution in [3.8, 4) is 5.40 Å². The van der Waals surface area contributed by atoms with Crippen LogP contribution in [0.3, 0.4) is 0 Å². The van der Waals surface area contributed by atoms with E-state index in [2.05, 4.69) is 0 Å². The number of hydrogen-bond acceptors (Lipinski definition) is 4. The lowest BCUT2D eigenvalue weighted by molar-refractivity contribution is 1.44. The van der Waals surface area contributed by atoms with Crippen molar-refractivity contribution >= 4 is 23.7 Å². The summed E-state index contributed by atoms with van der Waals surface area (Å²) in [5.74, 6) is 0. The van der Waals surface area contributed by atoms with Crippen LogP contribution in [0.5, 0.6) is 0 Å². The van der Waals surface area contributed by atoms with Crippen LogP contribution in [0.2, 0.25) is 0 Å². The molecule has 1 aromatic carbocycles. The third kappa shape index (κ3) is 1.77. The van der Waals surface area contributed by atoms with Gasteiger partial charge in [0.2, 0.25) is 0 Å². The van der Waals surface area contributed by atoms with E-state index >= 15 is 0 Å². The lowest BCUT2D eigenvalue weighted by Gasteiger charge is -1.99. The Labute approximate surface area is 74.7 Å². The topological polar surface area (TPSA) is 73.7 Å². The minimum atomic E-state index is 0.533. The van der Waals surface area contributed by atoms with Gasteiger partial charge in [-0.1, -0.05) is 6.07 Å². The summed E-state index contributed by atoms with van der Waals surface area (Å²) in [5, 5.41) is 17.3. The molecule has 12 heavy (non-hydrogen) atoms. The largest absolute Gasteiger partial charge is 0.398 e. The fourth-order valence-corrected chi connectivity index (χ4v) is 1.23. The van der Waals surface area contributed by atoms with Crippen molar-refractivity contribution in [1.29, 1.82) is 10.7 Å². The minimum absolute atomic E-state index is 0.533. The number of benzene rings is 1. The van der Waals surface area contributed by atoms with E-state index in [9.17, 15) is 0 Å². The summed E-state index contributed by atoms with van der Waals surface area (Å²) in [6.45, 7) is 0. The maximum atomic E-state index is 8.36. The molecule has 0 amide bonds. The van der Waals surface area contributed by atoms with E-state index in [1.165, 1.54) is 6.21 Å². The van der Waals surface area contributed by atoms with Gasteiger partial charge in [0.1, 0.15) is 5.40 Å². The van der Waals surface area contributed by atoms with Crippen molar-refractivity contribution in [3.63, 3.8) is 0 Å². The highest BCUT2D eigenvalue weighted by Gasteiger charge is 1.97. The minimum Gasteiger partial charge on any atom is -0.398 e. The first-order valence-corrected chi connectivity index (χ1v) is 4.05. The van der Waals surface area contributed by atoms with Crippen molar-refractivity contribution in [3.05, 3.63) is 23.8 Å². The van der Waals surface area contributed by atoms with Gasteiger partial charge in [-0.3, -0.25) is 0 Å². The Bertz CT molecular complexity index is 341. The van der Waals surface area contributed by atoms with E-state index in [-0.39, 0.29) is 0 Å². The quantitative estimate of drug-likeness (QED) is 0.313. The van der Waals surface area contributed by atoms with Gasteiger partial charge in [-0.25, -0.2) is 0 Å². The van der Waals surface area contributed by atoms with Gasteiger partial charge in [0, 0.05) is 22.4 Å². The van der Waals surface area contributed by atoms with Crippen LogP contribution >= 0.6 is 11.8 Å². The van der Waals surface area contributed by atoms with Crippen LogP contribution < -0.4 is 5.73 Å². The Morgan fingerprint density at radius 1 is 1.58 bits per heavy atom. The molecule has 1 rings (SSSR count). The number of nitrogen functional groups attached to an aromatic ring is 1. The molecule has 0 aliphatic heterocycles. The van der Waals surface area contributed by atoms with Crippen LogP contribution in [0.4, 0.5) is 5.69 Å². The summed E-state index contributed by atoms with van der Waals surface area (Å²) in [6.07, 6.45) is 1.19. The SMILES string of the molecule is N#CSc1ccc(C=N)c(N)c1. The van der Waals surface area contributed by atoms with E-state index in [1.807, 2.05) is 5.40 Å². The van der Waals surface area contributed by atoms with Gasteiger partial charge >= 0.3 is 0 Å². The van der Waals surface area contributed by atoms with Crippen molar-refractivity contribution in [2.75, 3.05) is 5.73 Å². The molecule has 0 saturated carbocycles. The number of anilines is 1. The number of rotatable bonds is 2. The normalized spacial score (nSPS) is 8.92. The van der Waals surface area contributed by atoms with Crippen LogP contribution in [0.15, 0.2) is 23.1 Å². The van der Waals surface area contributed by atoms with Crippen molar-refractivity contribution in [2.24, 2.45) is 0 Å². The van der Waals surface area contributed by atoms with E-state index in [0.29, 0.717) is 11.3 Å². The summed E-state index contributed by atoms with van der Waals surface area (Å²) in [7, 11) is 0. The lowest BCUT2D eigenvalue weighted by atomic mass is 10.2. The average Bonchev–Trinajstić information content (AvgIpc) is 2.05. The molecule has 0 heterocycles. The zero-order valence-electron chi connectivity index (χ0n) is 6.24. The highest BCUT2D eigenvalue weighted by Crippen LogP contribution is 2.20. The predicted molar refractivity (Wildman–Crippen MR) is 50.2 cm³/mol. The van der Waals surface area contributed by atoms with Crippen LogP contribution in [0.1, 0.15) is 5.56 Å². The molecule has 3 nitrogen and oxygen atoms in total. The third-order valence-corrected chi connectivity index (χ3v) is 1.96. The molecular formula is C8H7N3S. The molecule has 0 radical (unpaired) electrons. The molecule has 4 heteroatoms. The molecule has 0 bridgehead atoms. The maximum Gasteiger partial charge on any atom is 0.138 e. The van der Waals surface area contributed by atoms with Gasteiger partial charge in [-0.05, 0) is 23.9 Å². The third-order valence-electron chi connectivity index (χ3n) is 1.38. The second-order valence-electron chi connectivity index (χ2n) is 2.13. The summed E-state index contributed by atoms with van der Waals surface area (Å²) in [6, 6.07) is 5.18. The van der Waals surface area contributed by atoms with Crippen molar-refractivity contribution < 1.29 is 0 Å².